The third kappa shape index (κ3) is 10.3. The van der Waals surface area contributed by atoms with Crippen LogP contribution in [0, 0.1) is 0 Å². The predicted molar refractivity (Wildman–Crippen MR) is 414 cm³/mol. The number of benzene rings is 10. The van der Waals surface area contributed by atoms with Gasteiger partial charge in [0.05, 0.1) is 5.69 Å². The van der Waals surface area contributed by atoms with Crippen molar-refractivity contribution in [2.24, 2.45) is 0 Å². The number of rotatable bonds is 11. The molecule has 6 heteroatoms. The maximum Gasteiger partial charge on any atom is 0.264 e. The van der Waals surface area contributed by atoms with Gasteiger partial charge in [0, 0.05) is 65.8 Å². The smallest absolute Gasteiger partial charge is 0.264 e. The molecule has 1 aromatic heterocycles. The monoisotopic (exact) mass is 1260 g/mol. The minimum absolute atomic E-state index is 0.0109. The van der Waals surface area contributed by atoms with Gasteiger partial charge in [-0.3, -0.25) is 0 Å². The van der Waals surface area contributed by atoms with Gasteiger partial charge in [-0.05, 0) is 190 Å². The fraction of sp³-hybridized carbons (Fsp3) is 0.227. The number of hydrogen-bond acceptors (Lipinski definition) is 4. The van der Waals surface area contributed by atoms with Crippen molar-refractivity contribution in [1.82, 2.24) is 0 Å². The quantitative estimate of drug-likeness (QED) is 0.0726. The average Bonchev–Trinajstić information content (AvgIpc) is 1.17. The van der Waals surface area contributed by atoms with Crippen LogP contribution in [0.15, 0.2) is 261 Å². The molecule has 94 heavy (non-hydrogen) atoms. The van der Waals surface area contributed by atoms with Crippen LogP contribution < -0.4 is 46.0 Å². The number of anilines is 9. The highest BCUT2D eigenvalue weighted by atomic mass is 32.1. The first-order valence-electron chi connectivity index (χ1n) is 33.7. The van der Waals surface area contributed by atoms with Crippen molar-refractivity contribution in [1.29, 1.82) is 0 Å². The summed E-state index contributed by atoms with van der Waals surface area (Å²) in [4.78, 5) is 7.88. The first kappa shape index (κ1) is 62.5. The normalized spacial score (nSPS) is 14.4. The van der Waals surface area contributed by atoms with Crippen LogP contribution in [-0.4, -0.2) is 14.8 Å². The molecule has 2 aliphatic heterocycles. The highest BCUT2D eigenvalue weighted by Crippen LogP contribution is 2.54. The summed E-state index contributed by atoms with van der Waals surface area (Å²) in [6, 6.07) is 87.8. The molecule has 3 heterocycles. The second-order valence-corrected chi connectivity index (χ2v) is 35.9. The predicted octanol–water partition coefficient (Wildman–Crippen LogP) is 20.6. The van der Waals surface area contributed by atoms with Gasteiger partial charge in [-0.25, -0.2) is 0 Å². The second kappa shape index (κ2) is 22.9. The van der Waals surface area contributed by atoms with E-state index in [1.165, 1.54) is 108 Å². The van der Waals surface area contributed by atoms with Gasteiger partial charge in [0.25, 0.3) is 6.71 Å². The van der Waals surface area contributed by atoms with Crippen molar-refractivity contribution in [3.05, 3.63) is 294 Å². The Labute approximate surface area is 565 Å². The lowest BCUT2D eigenvalue weighted by Crippen LogP contribution is -2.69. The fourth-order valence-corrected chi connectivity index (χ4v) is 21.6. The zero-order valence-electron chi connectivity index (χ0n) is 57.7. The van der Waals surface area contributed by atoms with E-state index in [-0.39, 0.29) is 33.8 Å². The van der Waals surface area contributed by atoms with E-state index in [1.54, 1.807) is 0 Å². The zero-order valence-corrected chi connectivity index (χ0v) is 59.5. The highest BCUT2D eigenvalue weighted by Gasteiger charge is 2.50. The average molecular weight is 1260 g/mol. The minimum atomic E-state index is -3.31. The van der Waals surface area contributed by atoms with Gasteiger partial charge in [0.15, 0.2) is 8.07 Å². The van der Waals surface area contributed by atoms with Gasteiger partial charge in [-0.15, -0.1) is 11.3 Å². The van der Waals surface area contributed by atoms with Gasteiger partial charge in [0.1, 0.15) is 0 Å². The molecule has 1 aliphatic carbocycles. The Kier molecular flexibility index (Phi) is 15.2. The molecule has 0 fully saturated rings. The van der Waals surface area contributed by atoms with Crippen molar-refractivity contribution in [3.63, 3.8) is 0 Å². The third-order valence-electron chi connectivity index (χ3n) is 20.6. The Morgan fingerprint density at radius 2 is 0.979 bits per heavy atom. The molecule has 0 saturated carbocycles. The molecule has 0 atom stereocenters. The molecule has 11 aromatic rings. The summed E-state index contributed by atoms with van der Waals surface area (Å²) in [5, 5.41) is 6.49. The summed E-state index contributed by atoms with van der Waals surface area (Å²) < 4.78 is 2.64. The van der Waals surface area contributed by atoms with E-state index < -0.39 is 8.07 Å². The molecule has 0 N–H and O–H groups in total. The van der Waals surface area contributed by atoms with E-state index in [0.29, 0.717) is 0 Å². The Morgan fingerprint density at radius 1 is 0.479 bits per heavy atom. The number of allylic oxidation sites excluding steroid dienone is 5. The molecule has 0 bridgehead atoms. The van der Waals surface area contributed by atoms with E-state index >= 15 is 0 Å². The fourth-order valence-electron chi connectivity index (χ4n) is 15.4. The van der Waals surface area contributed by atoms with Crippen molar-refractivity contribution in [2.75, 3.05) is 14.7 Å². The van der Waals surface area contributed by atoms with Crippen molar-refractivity contribution in [2.45, 2.75) is 131 Å². The lowest BCUT2D eigenvalue weighted by molar-refractivity contribution is 0.590. The molecule has 0 amide bonds. The summed E-state index contributed by atoms with van der Waals surface area (Å²) in [5.41, 5.74) is 23.2. The molecule has 0 spiro atoms. The van der Waals surface area contributed by atoms with Crippen LogP contribution >= 0.6 is 11.3 Å². The highest BCUT2D eigenvalue weighted by molar-refractivity contribution is 7.33. The summed E-state index contributed by atoms with van der Waals surface area (Å²) >= 11 is 1.97. The molecule has 3 aliphatic rings. The first-order chi connectivity index (χ1) is 44.8. The van der Waals surface area contributed by atoms with E-state index in [9.17, 15) is 0 Å². The molecule has 0 saturated heterocycles. The lowest BCUT2D eigenvalue weighted by Gasteiger charge is -2.45. The maximum absolute atomic E-state index is 4.28. The van der Waals surface area contributed by atoms with E-state index in [2.05, 4.69) is 368 Å². The maximum atomic E-state index is 4.28. The van der Waals surface area contributed by atoms with Crippen molar-refractivity contribution >= 4 is 119 Å². The molecule has 0 unspecified atom stereocenters. The van der Waals surface area contributed by atoms with Crippen LogP contribution in [0.4, 0.5) is 51.2 Å². The number of hydrogen-bond donors (Lipinski definition) is 0. The van der Waals surface area contributed by atoms with Crippen LogP contribution in [0.1, 0.15) is 137 Å². The zero-order chi connectivity index (χ0) is 66.0. The minimum Gasteiger partial charge on any atom is -0.311 e. The summed E-state index contributed by atoms with van der Waals surface area (Å²) in [6.45, 7) is 39.0. The second-order valence-electron chi connectivity index (χ2n) is 31.0. The van der Waals surface area contributed by atoms with Crippen LogP contribution in [0.3, 0.4) is 0 Å². The standard InChI is InChI=1S/C88H88BN3SSi/c1-17-19-28-67(18-2)94(68-29-22-20-23-30-68,69-31-24-21-25-32-69)70-56-78-81-79(57-70)92(64-46-39-60(40-47-64)86(9,10)11)82-73-53-61(87(12,13)14)41-52-80(73)93-83(82)89(81)76-51-49-66(55-77(76)91(78)65-48-50-75-72(54-65)71-33-26-27-34-74(71)88(75,15)16)90(62-42-35-58(36-43-62)84(3,4)5)63-44-37-59(38-45-63)85(6,7)8/h17-57H,1H2,2-16H3/b28-19-,67-18+. The molecule has 3 nitrogen and oxygen atoms in total. The number of thiophene rings is 1. The van der Waals surface area contributed by atoms with E-state index in [4.69, 9.17) is 0 Å². The Bertz CT molecular complexity index is 4710. The van der Waals surface area contributed by atoms with E-state index in [1.807, 2.05) is 17.4 Å². The topological polar surface area (TPSA) is 9.72 Å². The summed E-state index contributed by atoms with van der Waals surface area (Å²) in [6.07, 6.45) is 8.82. The first-order valence-corrected chi connectivity index (χ1v) is 36.6. The van der Waals surface area contributed by atoms with Crippen molar-refractivity contribution in [3.8, 4) is 11.1 Å². The van der Waals surface area contributed by atoms with Gasteiger partial charge < -0.3 is 14.7 Å². The Hall–Kier alpha value is -8.94. The lowest BCUT2D eigenvalue weighted by atomic mass is 9.36. The number of nitrogens with zero attached hydrogens (tertiary/aromatic N) is 3. The molecule has 14 rings (SSSR count). The van der Waals surface area contributed by atoms with Gasteiger partial charge in [0.2, 0.25) is 0 Å². The van der Waals surface area contributed by atoms with Gasteiger partial charge in [-0.1, -0.05) is 267 Å². The van der Waals surface area contributed by atoms with Crippen LogP contribution in [0.2, 0.25) is 0 Å². The largest absolute Gasteiger partial charge is 0.311 e. The van der Waals surface area contributed by atoms with Crippen molar-refractivity contribution < 1.29 is 0 Å². The van der Waals surface area contributed by atoms with Gasteiger partial charge >= 0.3 is 0 Å². The van der Waals surface area contributed by atoms with Crippen LogP contribution in [0.5, 0.6) is 0 Å². The summed E-state index contributed by atoms with van der Waals surface area (Å²) in [7, 11) is -3.31. The molecular weight excluding hydrogens is 1170 g/mol. The van der Waals surface area contributed by atoms with Crippen LogP contribution in [-0.2, 0) is 27.1 Å². The molecule has 0 radical (unpaired) electrons. The molecular formula is C88H88BN3SSi. The van der Waals surface area contributed by atoms with E-state index in [0.717, 1.165) is 34.1 Å². The van der Waals surface area contributed by atoms with Crippen LogP contribution in [0.25, 0.3) is 21.2 Å². The molecule has 468 valence electrons. The molecule has 10 aromatic carbocycles. The summed E-state index contributed by atoms with van der Waals surface area (Å²) in [5.74, 6) is 0. The Morgan fingerprint density at radius 3 is 1.53 bits per heavy atom. The Balaban J connectivity index is 1.16. The number of fused-ring (bicyclic) bond motifs is 9. The SMILES string of the molecule is C=C/C=C\C(=C/C)[Si](c1ccccc1)(c1ccccc1)c1cc2c3c(c1)N(c1ccc(C(C)(C)C)cc1)c1c(sc4ccc(C(C)(C)C)cc14)B3c1ccc(N(c3ccc(C(C)(C)C)cc3)c3ccc(C(C)(C)C)cc3)cc1N2c1ccc2c(c1)-c1ccccc1C2(C)C. The van der Waals surface area contributed by atoms with Gasteiger partial charge in [-0.2, -0.15) is 0 Å². The third-order valence-corrected chi connectivity index (χ3v) is 26.7.